The molecule has 0 bridgehead atoms. The maximum atomic E-state index is 13.7. The number of rotatable bonds is 4. The summed E-state index contributed by atoms with van der Waals surface area (Å²) in [7, 11) is 2.05. The van der Waals surface area contributed by atoms with E-state index in [4.69, 9.17) is 0 Å². The van der Waals surface area contributed by atoms with Crippen LogP contribution in [0.15, 0.2) is 29.4 Å². The summed E-state index contributed by atoms with van der Waals surface area (Å²) in [5.74, 6) is 0.393. The molecule has 8 heteroatoms. The van der Waals surface area contributed by atoms with Crippen LogP contribution in [-0.4, -0.2) is 69.9 Å². The van der Waals surface area contributed by atoms with Gasteiger partial charge < -0.3 is 9.80 Å². The molecule has 6 nitrogen and oxygen atoms in total. The zero-order valence-corrected chi connectivity index (χ0v) is 13.6. The minimum Gasteiger partial charge on any atom is -0.339 e. The van der Waals surface area contributed by atoms with Crippen LogP contribution in [0.4, 0.5) is 4.39 Å². The van der Waals surface area contributed by atoms with Crippen molar-refractivity contribution in [1.82, 2.24) is 25.0 Å². The average Bonchev–Trinajstić information content (AvgIpc) is 3.02. The summed E-state index contributed by atoms with van der Waals surface area (Å²) in [6.07, 6.45) is 0. The molecule has 2 heterocycles. The summed E-state index contributed by atoms with van der Waals surface area (Å²) in [6.45, 7) is 3.30. The van der Waals surface area contributed by atoms with Gasteiger partial charge in [-0.25, -0.2) is 9.37 Å². The van der Waals surface area contributed by atoms with Crippen molar-refractivity contribution in [3.05, 3.63) is 30.1 Å². The van der Waals surface area contributed by atoms with Crippen molar-refractivity contribution in [3.8, 4) is 11.4 Å². The Bertz CT molecular complexity index is 684. The summed E-state index contributed by atoms with van der Waals surface area (Å²) < 4.78 is 13.7. The number of amides is 1. The smallest absolute Gasteiger partial charge is 0.233 e. The summed E-state index contributed by atoms with van der Waals surface area (Å²) in [6, 6.07) is 6.38. The van der Waals surface area contributed by atoms with Gasteiger partial charge in [-0.3, -0.25) is 9.89 Å². The van der Waals surface area contributed by atoms with E-state index in [0.29, 0.717) is 16.5 Å². The first-order valence-electron chi connectivity index (χ1n) is 7.40. The van der Waals surface area contributed by atoms with Gasteiger partial charge in [-0.1, -0.05) is 23.9 Å². The van der Waals surface area contributed by atoms with Gasteiger partial charge in [-0.15, -0.1) is 5.10 Å². The topological polar surface area (TPSA) is 65.1 Å². The molecular weight excluding hydrogens is 317 g/mol. The van der Waals surface area contributed by atoms with Crippen LogP contribution in [0.3, 0.4) is 0 Å². The highest BCUT2D eigenvalue weighted by molar-refractivity contribution is 7.99. The van der Waals surface area contributed by atoms with Crippen LogP contribution >= 0.6 is 11.8 Å². The van der Waals surface area contributed by atoms with Gasteiger partial charge in [0.15, 0.2) is 5.82 Å². The number of aromatic nitrogens is 3. The quantitative estimate of drug-likeness (QED) is 0.858. The molecule has 1 aromatic heterocycles. The van der Waals surface area contributed by atoms with Crippen molar-refractivity contribution in [2.75, 3.05) is 39.0 Å². The van der Waals surface area contributed by atoms with E-state index in [1.165, 1.54) is 17.8 Å². The minimum absolute atomic E-state index is 0.0836. The van der Waals surface area contributed by atoms with Crippen molar-refractivity contribution in [2.24, 2.45) is 0 Å². The minimum atomic E-state index is -0.353. The number of carbonyl (C=O) groups excluding carboxylic acids is 1. The van der Waals surface area contributed by atoms with Crippen molar-refractivity contribution in [1.29, 1.82) is 0 Å². The number of H-pyrrole nitrogens is 1. The van der Waals surface area contributed by atoms with Gasteiger partial charge in [0.2, 0.25) is 11.1 Å². The molecule has 1 aromatic carbocycles. The summed E-state index contributed by atoms with van der Waals surface area (Å²) in [5.41, 5.74) is 0.372. The lowest BCUT2D eigenvalue weighted by Crippen LogP contribution is -2.47. The van der Waals surface area contributed by atoms with E-state index in [9.17, 15) is 9.18 Å². The second-order valence-electron chi connectivity index (χ2n) is 5.42. The highest BCUT2D eigenvalue weighted by Gasteiger charge is 2.19. The number of nitrogens with one attached hydrogen (secondary N) is 1. The van der Waals surface area contributed by atoms with Gasteiger partial charge in [0.05, 0.1) is 11.3 Å². The van der Waals surface area contributed by atoms with Crippen LogP contribution in [0.1, 0.15) is 0 Å². The Morgan fingerprint density at radius 3 is 2.78 bits per heavy atom. The van der Waals surface area contributed by atoms with Crippen LogP contribution in [0, 0.1) is 5.82 Å². The Hall–Kier alpha value is -1.93. The summed E-state index contributed by atoms with van der Waals surface area (Å²) in [4.78, 5) is 20.5. The third kappa shape index (κ3) is 3.89. The predicted molar refractivity (Wildman–Crippen MR) is 86.6 cm³/mol. The first kappa shape index (κ1) is 15.9. The van der Waals surface area contributed by atoms with E-state index in [2.05, 4.69) is 27.1 Å². The fourth-order valence-electron chi connectivity index (χ4n) is 2.36. The number of hydrogen-bond donors (Lipinski definition) is 1. The van der Waals surface area contributed by atoms with E-state index < -0.39 is 0 Å². The van der Waals surface area contributed by atoms with Gasteiger partial charge in [-0.2, -0.15) is 0 Å². The zero-order chi connectivity index (χ0) is 16.2. The third-order valence-electron chi connectivity index (χ3n) is 3.77. The van der Waals surface area contributed by atoms with Crippen molar-refractivity contribution in [3.63, 3.8) is 0 Å². The molecule has 3 rings (SSSR count). The first-order chi connectivity index (χ1) is 11.1. The van der Waals surface area contributed by atoms with Crippen LogP contribution in [0.2, 0.25) is 0 Å². The number of nitrogens with zero attached hydrogens (tertiary/aromatic N) is 4. The Morgan fingerprint density at radius 2 is 2.04 bits per heavy atom. The molecule has 0 atom stereocenters. The zero-order valence-electron chi connectivity index (χ0n) is 12.8. The van der Waals surface area contributed by atoms with Crippen LogP contribution in [-0.2, 0) is 4.79 Å². The highest BCUT2D eigenvalue weighted by atomic mass is 32.2. The van der Waals surface area contributed by atoms with Crippen molar-refractivity contribution in [2.45, 2.75) is 5.16 Å². The number of thioether (sulfide) groups is 1. The molecule has 0 saturated carbocycles. The number of piperazine rings is 1. The van der Waals surface area contributed by atoms with Crippen LogP contribution in [0.25, 0.3) is 11.4 Å². The lowest BCUT2D eigenvalue weighted by atomic mass is 10.2. The van der Waals surface area contributed by atoms with E-state index in [0.717, 1.165) is 26.2 Å². The monoisotopic (exact) mass is 335 g/mol. The molecule has 1 aliphatic rings. The molecule has 0 radical (unpaired) electrons. The molecule has 1 saturated heterocycles. The number of halogens is 1. The van der Waals surface area contributed by atoms with E-state index in [1.807, 2.05) is 4.90 Å². The second-order valence-corrected chi connectivity index (χ2v) is 6.36. The Kier molecular flexibility index (Phi) is 4.92. The number of aromatic amines is 1. The number of hydrogen-bond acceptors (Lipinski definition) is 5. The largest absolute Gasteiger partial charge is 0.339 e. The molecule has 1 N–H and O–H groups in total. The summed E-state index contributed by atoms with van der Waals surface area (Å²) in [5, 5.41) is 7.21. The molecule has 0 unspecified atom stereocenters. The molecule has 2 aromatic rings. The standard InChI is InChI=1S/C15H18FN5OS/c1-20-6-8-21(9-7-20)13(22)10-23-15-17-14(18-19-15)11-4-2-3-5-12(11)16/h2-5H,6-10H2,1H3,(H,17,18,19). The maximum Gasteiger partial charge on any atom is 0.233 e. The van der Waals surface area contributed by atoms with Gasteiger partial charge >= 0.3 is 0 Å². The molecule has 1 aliphatic heterocycles. The lowest BCUT2D eigenvalue weighted by molar-refractivity contribution is -0.129. The second kappa shape index (κ2) is 7.10. The van der Waals surface area contributed by atoms with Gasteiger partial charge in [0.25, 0.3) is 0 Å². The average molecular weight is 335 g/mol. The van der Waals surface area contributed by atoms with Gasteiger partial charge in [-0.05, 0) is 19.2 Å². The molecule has 122 valence electrons. The molecular formula is C15H18FN5OS. The van der Waals surface area contributed by atoms with Gasteiger partial charge in [0.1, 0.15) is 5.82 Å². The van der Waals surface area contributed by atoms with E-state index in [1.54, 1.807) is 18.2 Å². The fourth-order valence-corrected chi connectivity index (χ4v) is 3.06. The summed E-state index contributed by atoms with van der Waals surface area (Å²) >= 11 is 1.26. The van der Waals surface area contributed by atoms with Gasteiger partial charge in [0, 0.05) is 26.2 Å². The Balaban J connectivity index is 1.57. The molecule has 0 aliphatic carbocycles. The van der Waals surface area contributed by atoms with Crippen LogP contribution in [0.5, 0.6) is 0 Å². The SMILES string of the molecule is CN1CCN(C(=O)CSc2n[nH]c(-c3ccccc3F)n2)CC1. The Labute approximate surface area is 138 Å². The van der Waals surface area contributed by atoms with Crippen LogP contribution < -0.4 is 0 Å². The fraction of sp³-hybridized carbons (Fsp3) is 0.400. The van der Waals surface area contributed by atoms with Crippen molar-refractivity contribution < 1.29 is 9.18 Å². The molecule has 1 amide bonds. The van der Waals surface area contributed by atoms with Crippen molar-refractivity contribution >= 4 is 17.7 Å². The third-order valence-corrected chi connectivity index (χ3v) is 4.61. The molecule has 0 spiro atoms. The predicted octanol–water partition coefficient (Wildman–Crippen LogP) is 1.48. The number of benzene rings is 1. The first-order valence-corrected chi connectivity index (χ1v) is 8.38. The van der Waals surface area contributed by atoms with E-state index in [-0.39, 0.29) is 17.5 Å². The Morgan fingerprint density at radius 1 is 1.30 bits per heavy atom. The lowest BCUT2D eigenvalue weighted by Gasteiger charge is -2.32. The van der Waals surface area contributed by atoms with E-state index >= 15 is 0 Å². The normalized spacial score (nSPS) is 15.8. The molecule has 23 heavy (non-hydrogen) atoms. The number of likely N-dealkylation sites (N-methyl/N-ethyl adjacent to an activating group) is 1. The maximum absolute atomic E-state index is 13.7. The number of carbonyl (C=O) groups is 1. The highest BCUT2D eigenvalue weighted by Crippen LogP contribution is 2.21. The molecule has 1 fully saturated rings.